The first-order chi connectivity index (χ1) is 25.6. The van der Waals surface area contributed by atoms with Gasteiger partial charge in [-0.1, -0.05) is 32.4 Å². The molecule has 54 heavy (non-hydrogen) atoms. The number of carboxylic acid groups (broad SMARTS) is 1. The maximum absolute atomic E-state index is 13.7. The highest BCUT2D eigenvalue weighted by Crippen LogP contribution is 2.19. The van der Waals surface area contributed by atoms with E-state index in [4.69, 9.17) is 12.2 Å². The van der Waals surface area contributed by atoms with Crippen LogP contribution in [0.25, 0.3) is 0 Å². The van der Waals surface area contributed by atoms with Crippen LogP contribution < -0.4 is 21.7 Å². The van der Waals surface area contributed by atoms with Crippen LogP contribution in [0.1, 0.15) is 77.2 Å². The van der Waals surface area contributed by atoms with Crippen molar-refractivity contribution in [2.75, 3.05) is 24.7 Å². The van der Waals surface area contributed by atoms with Gasteiger partial charge in [-0.2, -0.15) is 25.3 Å². The van der Waals surface area contributed by atoms with Gasteiger partial charge < -0.3 is 37.0 Å². The number of phenols is 1. The van der Waals surface area contributed by atoms with Crippen LogP contribution in [0.4, 0.5) is 0 Å². The van der Waals surface area contributed by atoms with Gasteiger partial charge in [0.2, 0.25) is 17.7 Å². The van der Waals surface area contributed by atoms with Crippen LogP contribution in [0.5, 0.6) is 5.75 Å². The minimum absolute atomic E-state index is 0.0334. The molecule has 0 unspecified atom stereocenters. The van der Waals surface area contributed by atoms with Crippen molar-refractivity contribution in [3.8, 4) is 18.1 Å². The number of amides is 3. The van der Waals surface area contributed by atoms with Crippen molar-refractivity contribution in [1.29, 1.82) is 0 Å². The largest absolute Gasteiger partial charge is 0.508 e. The van der Waals surface area contributed by atoms with Gasteiger partial charge in [-0.05, 0) is 55.8 Å². The van der Waals surface area contributed by atoms with E-state index in [1.807, 2.05) is 0 Å². The molecule has 0 bridgehead atoms. The second-order valence-corrected chi connectivity index (χ2v) is 14.5. The fraction of sp³-hybridized carbons (Fsp3) is 0.605. The summed E-state index contributed by atoms with van der Waals surface area (Å²) in [6.07, 6.45) is 6.29. The van der Waals surface area contributed by atoms with Crippen molar-refractivity contribution in [2.24, 2.45) is 29.4 Å². The minimum Gasteiger partial charge on any atom is -0.508 e. The number of benzene rings is 1. The van der Waals surface area contributed by atoms with Crippen molar-refractivity contribution >= 4 is 66.3 Å². The number of phenolic OH excluding ortho intramolecular Hbond substituents is 1. The average molecular weight is 793 g/mol. The SMILES string of the molecule is C#CCCC(=O)C[C@@H](CCCCN)C(=O)N[C@@H](CS)C(=O)C[C@@H](CS)C(=O)N[C@H](Cc1ccc(O)cc1)C(=O)C[C@@H](CO)C(=O)N[C@@H](CC(C)C)C(=O)O. The molecule has 6 atom stereocenters. The van der Waals surface area contributed by atoms with E-state index in [0.717, 1.165) is 0 Å². The predicted molar refractivity (Wildman–Crippen MR) is 210 cm³/mol. The molecule has 0 spiro atoms. The van der Waals surface area contributed by atoms with Crippen LogP contribution in [-0.4, -0.2) is 99.1 Å². The number of carbonyl (C=O) groups excluding carboxylic acids is 6. The first kappa shape index (κ1) is 48.1. The van der Waals surface area contributed by atoms with Gasteiger partial charge in [0.25, 0.3) is 0 Å². The standard InChI is InChI=1S/C38H56N4O10S2/c1-4-5-9-29(45)17-25(8-6-7-14-39)35(48)42-32(22-54)34(47)19-27(21-53)37(50)40-30(16-24-10-12-28(44)13-11-24)33(46)18-26(20-43)36(49)41-31(38(51)52)15-23(2)3/h1,10-13,23,25-27,30-32,43-44,53-54H,5-9,14-22,39H2,2-3H3,(H,40,50)(H,41,49)(H,42,48)(H,51,52)/t25-,26+,27+,30-,31+,32+/m1/s1. The molecular weight excluding hydrogens is 737 g/mol. The Kier molecular flexibility index (Phi) is 23.2. The summed E-state index contributed by atoms with van der Waals surface area (Å²) < 4.78 is 0. The van der Waals surface area contributed by atoms with E-state index >= 15 is 0 Å². The van der Waals surface area contributed by atoms with Gasteiger partial charge in [0.05, 0.1) is 30.5 Å². The first-order valence-corrected chi connectivity index (χ1v) is 19.3. The van der Waals surface area contributed by atoms with Crippen LogP contribution in [0.2, 0.25) is 0 Å². The number of unbranched alkanes of at least 4 members (excludes halogenated alkanes) is 1. The maximum Gasteiger partial charge on any atom is 0.326 e. The zero-order chi connectivity index (χ0) is 40.8. The molecule has 3 amide bonds. The Morgan fingerprint density at radius 1 is 0.796 bits per heavy atom. The first-order valence-electron chi connectivity index (χ1n) is 18.0. The molecular formula is C38H56N4O10S2. The lowest BCUT2D eigenvalue weighted by atomic mass is 9.92. The molecule has 0 aromatic heterocycles. The molecule has 0 radical (unpaired) electrons. The van der Waals surface area contributed by atoms with Gasteiger partial charge >= 0.3 is 5.97 Å². The van der Waals surface area contributed by atoms with Crippen LogP contribution in [0.3, 0.4) is 0 Å². The number of hydrogen-bond donors (Lipinski definition) is 9. The van der Waals surface area contributed by atoms with Gasteiger partial charge in [0.15, 0.2) is 11.6 Å². The molecule has 0 heterocycles. The van der Waals surface area contributed by atoms with Crippen LogP contribution in [0.15, 0.2) is 24.3 Å². The summed E-state index contributed by atoms with van der Waals surface area (Å²) in [6.45, 7) is 3.20. The molecule has 0 aliphatic carbocycles. The number of nitrogens with two attached hydrogens (primary N) is 1. The number of Topliss-reactive ketones (excluding diaryl/α,β-unsaturated/α-hetero) is 3. The van der Waals surface area contributed by atoms with Crippen LogP contribution in [-0.2, 0) is 40.0 Å². The van der Waals surface area contributed by atoms with E-state index in [1.54, 1.807) is 13.8 Å². The number of aliphatic hydroxyl groups is 1. The monoisotopic (exact) mass is 792 g/mol. The van der Waals surface area contributed by atoms with Crippen molar-refractivity contribution < 1.29 is 48.9 Å². The van der Waals surface area contributed by atoms with Gasteiger partial charge in [-0.25, -0.2) is 4.79 Å². The summed E-state index contributed by atoms with van der Waals surface area (Å²) in [4.78, 5) is 91.1. The van der Waals surface area contributed by atoms with E-state index in [-0.39, 0.29) is 67.5 Å². The zero-order valence-electron chi connectivity index (χ0n) is 31.0. The van der Waals surface area contributed by atoms with Crippen molar-refractivity contribution in [2.45, 2.75) is 96.2 Å². The second kappa shape index (κ2) is 26.0. The number of aliphatic hydroxyl groups excluding tert-OH is 1. The third-order valence-electron chi connectivity index (χ3n) is 8.77. The van der Waals surface area contributed by atoms with Crippen LogP contribution >= 0.6 is 25.3 Å². The molecule has 1 aromatic carbocycles. The van der Waals surface area contributed by atoms with E-state index in [2.05, 4.69) is 47.1 Å². The van der Waals surface area contributed by atoms with E-state index in [9.17, 15) is 48.9 Å². The summed E-state index contributed by atoms with van der Waals surface area (Å²) in [5.74, 6) is -5.72. The number of rotatable bonds is 28. The van der Waals surface area contributed by atoms with Gasteiger partial charge in [0.1, 0.15) is 17.6 Å². The van der Waals surface area contributed by atoms with Crippen molar-refractivity contribution in [3.63, 3.8) is 0 Å². The summed E-state index contributed by atoms with van der Waals surface area (Å²) in [7, 11) is 0. The third kappa shape index (κ3) is 17.9. The fourth-order valence-corrected chi connectivity index (χ4v) is 6.19. The zero-order valence-corrected chi connectivity index (χ0v) is 32.8. The summed E-state index contributed by atoms with van der Waals surface area (Å²) in [5.41, 5.74) is 6.13. The molecule has 1 aromatic rings. The van der Waals surface area contributed by atoms with Gasteiger partial charge in [0, 0.05) is 49.5 Å². The van der Waals surface area contributed by atoms with Crippen molar-refractivity contribution in [1.82, 2.24) is 16.0 Å². The Balaban J connectivity index is 3.17. The Bertz CT molecular complexity index is 1450. The van der Waals surface area contributed by atoms with Gasteiger partial charge in [-0.3, -0.25) is 28.8 Å². The van der Waals surface area contributed by atoms with E-state index < -0.39 is 84.2 Å². The second-order valence-electron chi connectivity index (χ2n) is 13.7. The molecule has 0 fully saturated rings. The number of carbonyl (C=O) groups is 7. The Morgan fingerprint density at radius 2 is 1.35 bits per heavy atom. The molecule has 0 aliphatic rings. The molecule has 300 valence electrons. The average Bonchev–Trinajstić information content (AvgIpc) is 3.13. The molecule has 1 rings (SSSR count). The lowest BCUT2D eigenvalue weighted by molar-refractivity contribution is -0.143. The lowest BCUT2D eigenvalue weighted by Crippen LogP contribution is -2.50. The Morgan fingerprint density at radius 3 is 1.89 bits per heavy atom. The highest BCUT2D eigenvalue weighted by Gasteiger charge is 2.33. The maximum atomic E-state index is 13.7. The van der Waals surface area contributed by atoms with Crippen LogP contribution in [0, 0.1) is 36.0 Å². The summed E-state index contributed by atoms with van der Waals surface area (Å²) in [5, 5.41) is 37.0. The smallest absolute Gasteiger partial charge is 0.326 e. The minimum atomic E-state index is -1.32. The molecule has 14 nitrogen and oxygen atoms in total. The molecule has 0 saturated heterocycles. The number of ketones is 3. The van der Waals surface area contributed by atoms with E-state index in [1.165, 1.54) is 24.3 Å². The highest BCUT2D eigenvalue weighted by atomic mass is 32.1. The Hall–Kier alpha value is -3.91. The number of aromatic hydroxyl groups is 1. The molecule has 0 aliphatic heterocycles. The topological polar surface area (TPSA) is 242 Å². The Labute approximate surface area is 328 Å². The highest BCUT2D eigenvalue weighted by molar-refractivity contribution is 7.80. The van der Waals surface area contributed by atoms with E-state index in [0.29, 0.717) is 31.4 Å². The molecule has 16 heteroatoms. The molecule has 8 N–H and O–H groups in total. The number of nitrogens with one attached hydrogen (secondary N) is 3. The van der Waals surface area contributed by atoms with Crippen molar-refractivity contribution in [3.05, 3.63) is 29.8 Å². The summed E-state index contributed by atoms with van der Waals surface area (Å²) >= 11 is 8.51. The quantitative estimate of drug-likeness (QED) is 0.0336. The number of carboxylic acids is 1. The third-order valence-corrected chi connectivity index (χ3v) is 9.57. The number of hydrogen-bond acceptors (Lipinski definition) is 12. The molecule has 0 saturated carbocycles. The summed E-state index contributed by atoms with van der Waals surface area (Å²) in [6, 6.07) is 2.25. The lowest BCUT2D eigenvalue weighted by Gasteiger charge is -2.25. The number of aliphatic carboxylic acids is 1. The fourth-order valence-electron chi connectivity index (χ4n) is 5.60. The normalized spacial score (nSPS) is 14.4. The number of thiol groups is 2. The van der Waals surface area contributed by atoms with Gasteiger partial charge in [-0.15, -0.1) is 12.3 Å². The predicted octanol–water partition coefficient (Wildman–Crippen LogP) is 1.64. The number of terminal acetylenes is 1.